The molecule has 0 spiro atoms. The van der Waals surface area contributed by atoms with E-state index in [0.717, 1.165) is 4.68 Å². The molecule has 1 fully saturated rings. The van der Waals surface area contributed by atoms with Gasteiger partial charge in [-0.3, -0.25) is 4.68 Å². The predicted octanol–water partition coefficient (Wildman–Crippen LogP) is 2.74. The van der Waals surface area contributed by atoms with Crippen molar-refractivity contribution in [3.05, 3.63) is 16.4 Å². The van der Waals surface area contributed by atoms with Gasteiger partial charge in [0, 0.05) is 0 Å². The highest BCUT2D eigenvalue weighted by Crippen LogP contribution is 2.37. The van der Waals surface area contributed by atoms with Crippen molar-refractivity contribution >= 4 is 17.6 Å². The number of ether oxygens (including phenoxy) is 1. The number of cyclic esters (lactones) is 1. The third-order valence-electron chi connectivity index (χ3n) is 2.78. The topological polar surface area (TPSA) is 44.1 Å². The molecule has 0 saturated carbocycles. The highest BCUT2D eigenvalue weighted by atomic mass is 35.5. The summed E-state index contributed by atoms with van der Waals surface area (Å²) in [5.41, 5.74) is -1.05. The number of carbonyl (C=O) groups is 1. The minimum Gasteiger partial charge on any atom is -0.464 e. The Labute approximate surface area is 106 Å². The molecule has 4 nitrogen and oxygen atoms in total. The normalized spacial score (nSPS) is 20.9. The van der Waals surface area contributed by atoms with Crippen LogP contribution in [0.1, 0.15) is 30.3 Å². The number of hydrogen-bond donors (Lipinski definition) is 0. The van der Waals surface area contributed by atoms with Crippen molar-refractivity contribution in [1.29, 1.82) is 0 Å². The van der Waals surface area contributed by atoms with Crippen LogP contribution in [-0.2, 0) is 15.7 Å². The first-order chi connectivity index (χ1) is 8.32. The fourth-order valence-corrected chi connectivity index (χ4v) is 2.10. The van der Waals surface area contributed by atoms with E-state index in [2.05, 4.69) is 5.10 Å². The Bertz CT molecular complexity index is 484. The van der Waals surface area contributed by atoms with E-state index in [1.54, 1.807) is 0 Å². The maximum atomic E-state index is 12.6. The summed E-state index contributed by atoms with van der Waals surface area (Å²) in [6.07, 6.45) is -3.64. The maximum absolute atomic E-state index is 12.6. The molecule has 8 heteroatoms. The van der Waals surface area contributed by atoms with Gasteiger partial charge in [-0.25, -0.2) is 4.79 Å². The Kier molecular flexibility index (Phi) is 3.27. The van der Waals surface area contributed by atoms with E-state index in [1.807, 2.05) is 0 Å². The second kappa shape index (κ2) is 4.46. The van der Waals surface area contributed by atoms with E-state index in [-0.39, 0.29) is 12.3 Å². The first-order valence-electron chi connectivity index (χ1n) is 5.31. The van der Waals surface area contributed by atoms with E-state index in [0.29, 0.717) is 12.8 Å². The number of aromatic nitrogens is 2. The van der Waals surface area contributed by atoms with Crippen molar-refractivity contribution in [2.75, 3.05) is 6.61 Å². The summed E-state index contributed by atoms with van der Waals surface area (Å²) in [6, 6.07) is -0.827. The van der Waals surface area contributed by atoms with Crippen LogP contribution in [0.15, 0.2) is 0 Å². The molecule has 1 aliphatic rings. The molecule has 18 heavy (non-hydrogen) atoms. The quantitative estimate of drug-likeness (QED) is 0.744. The van der Waals surface area contributed by atoms with Gasteiger partial charge in [0.1, 0.15) is 6.04 Å². The fourth-order valence-electron chi connectivity index (χ4n) is 1.87. The van der Waals surface area contributed by atoms with Crippen LogP contribution in [-0.4, -0.2) is 22.4 Å². The van der Waals surface area contributed by atoms with E-state index in [1.165, 1.54) is 6.92 Å². The summed E-state index contributed by atoms with van der Waals surface area (Å²) in [6.45, 7) is 1.68. The monoisotopic (exact) mass is 282 g/mol. The van der Waals surface area contributed by atoms with Crippen molar-refractivity contribution < 1.29 is 22.7 Å². The number of nitrogens with zero attached hydrogens (tertiary/aromatic N) is 2. The highest BCUT2D eigenvalue weighted by molar-refractivity contribution is 6.32. The second-order valence-electron chi connectivity index (χ2n) is 4.02. The Balaban J connectivity index is 2.43. The summed E-state index contributed by atoms with van der Waals surface area (Å²) in [5, 5.41) is 2.94. The molecule has 0 bridgehead atoms. The lowest BCUT2D eigenvalue weighted by atomic mass is 10.1. The molecule has 2 heterocycles. The molecule has 1 atom stereocenters. The van der Waals surface area contributed by atoms with Gasteiger partial charge in [0.25, 0.3) is 0 Å². The number of rotatable bonds is 1. The lowest BCUT2D eigenvalue weighted by Crippen LogP contribution is -2.28. The van der Waals surface area contributed by atoms with E-state index in [9.17, 15) is 18.0 Å². The SMILES string of the molecule is Cc1c(Cl)c(C(F)(F)F)nn1C1CCCOC1=O. The van der Waals surface area contributed by atoms with E-state index >= 15 is 0 Å². The zero-order valence-electron chi connectivity index (χ0n) is 9.42. The van der Waals surface area contributed by atoms with Crippen molar-refractivity contribution in [3.8, 4) is 0 Å². The molecule has 1 saturated heterocycles. The smallest absolute Gasteiger partial charge is 0.436 e. The fraction of sp³-hybridized carbons (Fsp3) is 0.600. The maximum Gasteiger partial charge on any atom is 0.436 e. The number of alkyl halides is 3. The molecule has 1 aromatic rings. The van der Waals surface area contributed by atoms with Crippen LogP contribution in [0.3, 0.4) is 0 Å². The predicted molar refractivity (Wildman–Crippen MR) is 56.2 cm³/mol. The molecule has 1 aliphatic heterocycles. The minimum atomic E-state index is -4.63. The lowest BCUT2D eigenvalue weighted by Gasteiger charge is -2.22. The van der Waals surface area contributed by atoms with Crippen molar-refractivity contribution in [1.82, 2.24) is 9.78 Å². The Morgan fingerprint density at radius 1 is 1.50 bits per heavy atom. The summed E-state index contributed by atoms with van der Waals surface area (Å²) < 4.78 is 43.7. The van der Waals surface area contributed by atoms with Gasteiger partial charge in [0.05, 0.1) is 17.3 Å². The number of esters is 1. The van der Waals surface area contributed by atoms with Crippen LogP contribution in [0.2, 0.25) is 5.02 Å². The molecule has 0 aliphatic carbocycles. The van der Waals surface area contributed by atoms with E-state index in [4.69, 9.17) is 16.3 Å². The van der Waals surface area contributed by atoms with Gasteiger partial charge in [0.15, 0.2) is 5.69 Å². The molecular weight excluding hydrogens is 273 g/mol. The third kappa shape index (κ3) is 2.19. The second-order valence-corrected chi connectivity index (χ2v) is 4.39. The molecule has 0 N–H and O–H groups in total. The molecule has 0 amide bonds. The van der Waals surface area contributed by atoms with Crippen LogP contribution in [0.4, 0.5) is 13.2 Å². The van der Waals surface area contributed by atoms with Crippen LogP contribution in [0, 0.1) is 6.92 Å². The van der Waals surface area contributed by atoms with Crippen LogP contribution < -0.4 is 0 Å². The van der Waals surface area contributed by atoms with Gasteiger partial charge in [0.2, 0.25) is 0 Å². The van der Waals surface area contributed by atoms with Gasteiger partial charge in [-0.15, -0.1) is 0 Å². The molecule has 1 unspecified atom stereocenters. The summed E-state index contributed by atoms with van der Waals surface area (Å²) in [4.78, 5) is 11.5. The Hall–Kier alpha value is -1.24. The molecule has 100 valence electrons. The first-order valence-corrected chi connectivity index (χ1v) is 5.68. The largest absolute Gasteiger partial charge is 0.464 e. The lowest BCUT2D eigenvalue weighted by molar-refractivity contribution is -0.153. The van der Waals surface area contributed by atoms with Gasteiger partial charge >= 0.3 is 12.1 Å². The minimum absolute atomic E-state index is 0.118. The zero-order chi connectivity index (χ0) is 13.5. The van der Waals surface area contributed by atoms with Crippen LogP contribution in [0.5, 0.6) is 0 Å². The number of carbonyl (C=O) groups excluding carboxylic acids is 1. The van der Waals surface area contributed by atoms with Gasteiger partial charge in [-0.05, 0) is 19.8 Å². The average molecular weight is 283 g/mol. The van der Waals surface area contributed by atoms with Crippen molar-refractivity contribution in [2.24, 2.45) is 0 Å². The molecular formula is C10H10ClF3N2O2. The zero-order valence-corrected chi connectivity index (χ0v) is 10.2. The van der Waals surface area contributed by atoms with Crippen molar-refractivity contribution in [3.63, 3.8) is 0 Å². The third-order valence-corrected chi connectivity index (χ3v) is 3.23. The summed E-state index contributed by atoms with van der Waals surface area (Å²) in [5.74, 6) is -0.572. The summed E-state index contributed by atoms with van der Waals surface area (Å²) in [7, 11) is 0. The summed E-state index contributed by atoms with van der Waals surface area (Å²) >= 11 is 5.61. The highest BCUT2D eigenvalue weighted by Gasteiger charge is 2.40. The molecule has 1 aromatic heterocycles. The van der Waals surface area contributed by atoms with Crippen LogP contribution in [0.25, 0.3) is 0 Å². The molecule has 0 aromatic carbocycles. The van der Waals surface area contributed by atoms with Crippen LogP contribution >= 0.6 is 11.6 Å². The van der Waals surface area contributed by atoms with E-state index < -0.39 is 28.9 Å². The number of halogens is 4. The van der Waals surface area contributed by atoms with Gasteiger partial charge in [-0.2, -0.15) is 18.3 Å². The van der Waals surface area contributed by atoms with Gasteiger partial charge < -0.3 is 4.74 Å². The Morgan fingerprint density at radius 2 is 2.17 bits per heavy atom. The molecule has 2 rings (SSSR count). The average Bonchev–Trinajstić information content (AvgIpc) is 2.57. The standard InChI is InChI=1S/C10H10ClF3N2O2/c1-5-7(11)8(10(12,13)14)15-16(5)6-3-2-4-18-9(6)17/h6H,2-4H2,1H3. The molecule has 0 radical (unpaired) electrons. The Morgan fingerprint density at radius 3 is 2.67 bits per heavy atom. The van der Waals surface area contributed by atoms with Gasteiger partial charge in [-0.1, -0.05) is 11.6 Å². The first kappa shape index (κ1) is 13.2. The van der Waals surface area contributed by atoms with Crippen molar-refractivity contribution in [2.45, 2.75) is 32.0 Å². The number of hydrogen-bond acceptors (Lipinski definition) is 3.